The molecular formula is C25H27N3O2S. The summed E-state index contributed by atoms with van der Waals surface area (Å²) in [5, 5.41) is 4.61. The number of nitrogens with zero attached hydrogens (tertiary/aromatic N) is 2. The van der Waals surface area contributed by atoms with Crippen molar-refractivity contribution in [1.29, 1.82) is 0 Å². The van der Waals surface area contributed by atoms with Crippen molar-refractivity contribution < 1.29 is 4.74 Å². The number of hydrogen-bond acceptors (Lipinski definition) is 5. The number of aryl methyl sites for hydroxylation is 1. The Morgan fingerprint density at radius 3 is 2.77 bits per heavy atom. The molecule has 0 radical (unpaired) electrons. The van der Waals surface area contributed by atoms with Gasteiger partial charge in [-0.2, -0.15) is 0 Å². The Labute approximate surface area is 185 Å². The van der Waals surface area contributed by atoms with Crippen LogP contribution in [0.4, 0.5) is 5.69 Å². The number of ether oxygens (including phenoxy) is 1. The average Bonchev–Trinajstić information content (AvgIpc) is 3.26. The third kappa shape index (κ3) is 4.31. The van der Waals surface area contributed by atoms with Crippen molar-refractivity contribution in [2.45, 2.75) is 13.3 Å². The zero-order chi connectivity index (χ0) is 21.2. The number of hydrogen-bond donors (Lipinski definition) is 1. The highest BCUT2D eigenvalue weighted by atomic mass is 32.1. The fourth-order valence-corrected chi connectivity index (χ4v) is 5.26. The van der Waals surface area contributed by atoms with Gasteiger partial charge in [0, 0.05) is 66.0 Å². The van der Waals surface area contributed by atoms with E-state index in [0.717, 1.165) is 61.4 Å². The maximum Gasteiger partial charge on any atom is 0.248 e. The van der Waals surface area contributed by atoms with E-state index in [-0.39, 0.29) is 5.56 Å². The molecule has 160 valence electrons. The molecule has 0 spiro atoms. The maximum atomic E-state index is 11.7. The van der Waals surface area contributed by atoms with Gasteiger partial charge in [0.15, 0.2) is 0 Å². The van der Waals surface area contributed by atoms with Crippen molar-refractivity contribution in [1.82, 2.24) is 9.88 Å². The summed E-state index contributed by atoms with van der Waals surface area (Å²) in [7, 11) is 0. The van der Waals surface area contributed by atoms with Crippen molar-refractivity contribution in [3.63, 3.8) is 0 Å². The molecule has 5 nitrogen and oxygen atoms in total. The molecule has 5 rings (SSSR count). The first kappa shape index (κ1) is 20.1. The van der Waals surface area contributed by atoms with Crippen LogP contribution in [0.3, 0.4) is 0 Å². The summed E-state index contributed by atoms with van der Waals surface area (Å²) >= 11 is 1.81. The maximum absolute atomic E-state index is 11.7. The normalized spacial score (nSPS) is 15.1. The first-order valence-electron chi connectivity index (χ1n) is 10.9. The zero-order valence-electron chi connectivity index (χ0n) is 17.8. The molecule has 31 heavy (non-hydrogen) atoms. The molecule has 0 bridgehead atoms. The second-order valence-electron chi connectivity index (χ2n) is 8.16. The molecule has 4 aromatic rings. The van der Waals surface area contributed by atoms with Crippen molar-refractivity contribution >= 4 is 38.0 Å². The smallest absolute Gasteiger partial charge is 0.248 e. The van der Waals surface area contributed by atoms with Crippen LogP contribution in [-0.2, 0) is 0 Å². The second-order valence-corrected chi connectivity index (χ2v) is 9.11. The highest BCUT2D eigenvalue weighted by molar-refractivity contribution is 7.17. The Bertz CT molecular complexity index is 1250. The lowest BCUT2D eigenvalue weighted by atomic mass is 10.1. The van der Waals surface area contributed by atoms with Crippen LogP contribution in [0, 0.1) is 6.92 Å². The number of fused-ring (bicyclic) bond motifs is 2. The molecule has 0 unspecified atom stereocenters. The first-order chi connectivity index (χ1) is 15.2. The van der Waals surface area contributed by atoms with Gasteiger partial charge in [-0.05, 0) is 54.6 Å². The van der Waals surface area contributed by atoms with Crippen molar-refractivity contribution in [2.75, 3.05) is 44.2 Å². The summed E-state index contributed by atoms with van der Waals surface area (Å²) in [5.74, 6) is 0.808. The predicted molar refractivity (Wildman–Crippen MR) is 130 cm³/mol. The Balaban J connectivity index is 1.11. The number of benzene rings is 2. The Morgan fingerprint density at radius 1 is 1.03 bits per heavy atom. The van der Waals surface area contributed by atoms with Gasteiger partial charge < -0.3 is 14.6 Å². The lowest BCUT2D eigenvalue weighted by Crippen LogP contribution is -2.46. The van der Waals surface area contributed by atoms with E-state index in [9.17, 15) is 4.79 Å². The van der Waals surface area contributed by atoms with E-state index in [2.05, 4.69) is 44.4 Å². The van der Waals surface area contributed by atoms with Gasteiger partial charge in [0.1, 0.15) is 5.75 Å². The molecule has 3 heterocycles. The highest BCUT2D eigenvalue weighted by Gasteiger charge is 2.18. The number of aromatic nitrogens is 1. The number of piperazine rings is 1. The van der Waals surface area contributed by atoms with Crippen molar-refractivity contribution in [3.8, 4) is 5.75 Å². The Morgan fingerprint density at radius 2 is 1.90 bits per heavy atom. The minimum Gasteiger partial charge on any atom is -0.493 e. The number of pyridine rings is 1. The van der Waals surface area contributed by atoms with E-state index in [1.807, 2.05) is 36.5 Å². The lowest BCUT2D eigenvalue weighted by molar-refractivity contribution is 0.225. The molecule has 1 aliphatic rings. The van der Waals surface area contributed by atoms with Gasteiger partial charge >= 0.3 is 0 Å². The second kappa shape index (κ2) is 8.73. The molecule has 1 fully saturated rings. The first-order valence-corrected chi connectivity index (χ1v) is 11.8. The third-order valence-corrected chi connectivity index (χ3v) is 6.98. The monoisotopic (exact) mass is 433 g/mol. The molecule has 0 amide bonds. The van der Waals surface area contributed by atoms with Gasteiger partial charge in [0.2, 0.25) is 5.56 Å². The highest BCUT2D eigenvalue weighted by Crippen LogP contribution is 2.31. The van der Waals surface area contributed by atoms with E-state index in [1.54, 1.807) is 6.07 Å². The fourth-order valence-electron chi connectivity index (χ4n) is 4.45. The van der Waals surface area contributed by atoms with E-state index in [4.69, 9.17) is 4.74 Å². The largest absolute Gasteiger partial charge is 0.493 e. The van der Waals surface area contributed by atoms with Crippen LogP contribution in [-0.4, -0.2) is 49.2 Å². The van der Waals surface area contributed by atoms with Gasteiger partial charge in [0.25, 0.3) is 0 Å². The predicted octanol–water partition coefficient (Wildman–Crippen LogP) is 4.64. The van der Waals surface area contributed by atoms with Crippen LogP contribution in [0.15, 0.2) is 58.7 Å². The van der Waals surface area contributed by atoms with Crippen LogP contribution in [0.5, 0.6) is 5.75 Å². The Kier molecular flexibility index (Phi) is 5.66. The molecule has 1 aliphatic heterocycles. The molecule has 6 heteroatoms. The minimum atomic E-state index is -0.0727. The average molecular weight is 434 g/mol. The number of thiophene rings is 1. The van der Waals surface area contributed by atoms with Crippen LogP contribution < -0.4 is 15.2 Å². The molecular weight excluding hydrogens is 406 g/mol. The number of nitrogens with one attached hydrogen (secondary N) is 1. The van der Waals surface area contributed by atoms with Gasteiger partial charge in [-0.3, -0.25) is 9.69 Å². The summed E-state index contributed by atoms with van der Waals surface area (Å²) < 4.78 is 7.32. The number of rotatable bonds is 6. The topological polar surface area (TPSA) is 48.6 Å². The van der Waals surface area contributed by atoms with Crippen LogP contribution in [0.1, 0.15) is 12.0 Å². The summed E-state index contributed by atoms with van der Waals surface area (Å²) in [4.78, 5) is 19.6. The minimum absolute atomic E-state index is 0.0727. The molecule has 0 atom stereocenters. The quantitative estimate of drug-likeness (QED) is 0.450. The number of aromatic amines is 1. The molecule has 1 N–H and O–H groups in total. The number of H-pyrrole nitrogens is 1. The molecule has 1 saturated heterocycles. The van der Waals surface area contributed by atoms with Gasteiger partial charge in [-0.15, -0.1) is 11.3 Å². The van der Waals surface area contributed by atoms with Crippen LogP contribution in [0.25, 0.3) is 21.0 Å². The van der Waals surface area contributed by atoms with Crippen LogP contribution >= 0.6 is 11.3 Å². The number of anilines is 1. The zero-order valence-corrected chi connectivity index (χ0v) is 18.6. The summed E-state index contributed by atoms with van der Waals surface area (Å²) in [5.41, 5.74) is 3.11. The SMILES string of the molecule is Cc1cc(=O)[nH]c2cc(OCCCN3CCN(c4cccc5sccc45)CC3)ccc12. The molecule has 2 aromatic heterocycles. The molecule has 0 saturated carbocycles. The summed E-state index contributed by atoms with van der Waals surface area (Å²) in [6, 6.07) is 16.4. The van der Waals surface area contributed by atoms with Gasteiger partial charge in [0.05, 0.1) is 12.1 Å². The standard InChI is InChI=1S/C25H27N3O2S/c1-18-16-25(29)26-22-17-19(6-7-20(18)22)30-14-3-9-27-10-12-28(13-11-27)23-4-2-5-24-21(23)8-15-31-24/h2,4-8,15-17H,3,9-14H2,1H3,(H,26,29). The van der Waals surface area contributed by atoms with Crippen LogP contribution in [0.2, 0.25) is 0 Å². The summed E-state index contributed by atoms with van der Waals surface area (Å²) in [6.45, 7) is 7.96. The Hall–Kier alpha value is -2.83. The third-order valence-electron chi connectivity index (χ3n) is 6.09. The van der Waals surface area contributed by atoms with Gasteiger partial charge in [-0.25, -0.2) is 0 Å². The fraction of sp³-hybridized carbons (Fsp3) is 0.320. The van der Waals surface area contributed by atoms with Crippen molar-refractivity contribution in [2.24, 2.45) is 0 Å². The van der Waals surface area contributed by atoms with E-state index >= 15 is 0 Å². The van der Waals surface area contributed by atoms with E-state index in [1.165, 1.54) is 15.8 Å². The lowest BCUT2D eigenvalue weighted by Gasteiger charge is -2.36. The summed E-state index contributed by atoms with van der Waals surface area (Å²) in [6.07, 6.45) is 0.989. The molecule has 2 aromatic carbocycles. The van der Waals surface area contributed by atoms with Crippen molar-refractivity contribution in [3.05, 3.63) is 69.8 Å². The molecule has 0 aliphatic carbocycles. The van der Waals surface area contributed by atoms with E-state index in [0.29, 0.717) is 6.61 Å². The van der Waals surface area contributed by atoms with Gasteiger partial charge in [-0.1, -0.05) is 6.07 Å². The van der Waals surface area contributed by atoms with E-state index < -0.39 is 0 Å².